The van der Waals surface area contributed by atoms with Crippen LogP contribution < -0.4 is 5.43 Å². The fraction of sp³-hybridized carbons (Fsp3) is 0.600. The van der Waals surface area contributed by atoms with Gasteiger partial charge in [0.2, 0.25) is 0 Å². The van der Waals surface area contributed by atoms with Crippen molar-refractivity contribution in [1.82, 2.24) is 15.3 Å². The van der Waals surface area contributed by atoms with Crippen LogP contribution >= 0.6 is 47.0 Å². The van der Waals surface area contributed by atoms with Crippen molar-refractivity contribution < 1.29 is 4.79 Å². The number of rotatable bonds is 2. The first-order valence-electron chi connectivity index (χ1n) is 7.74. The Morgan fingerprint density at radius 3 is 2.48 bits per heavy atom. The third kappa shape index (κ3) is 3.54. The molecule has 0 radical (unpaired) electrons. The van der Waals surface area contributed by atoms with Gasteiger partial charge in [-0.25, -0.2) is 15.2 Å². The molecule has 1 aliphatic heterocycles. The minimum absolute atomic E-state index is 0.211. The molecule has 2 fully saturated rings. The molecule has 3 rings (SSSR count). The lowest BCUT2D eigenvalue weighted by atomic mass is 9.86. The van der Waals surface area contributed by atoms with Crippen molar-refractivity contribution in [1.29, 1.82) is 0 Å². The molecule has 1 heterocycles. The second kappa shape index (κ2) is 6.89. The van der Waals surface area contributed by atoms with Crippen molar-refractivity contribution in [2.45, 2.75) is 48.2 Å². The van der Waals surface area contributed by atoms with Gasteiger partial charge in [0.05, 0.1) is 6.04 Å². The minimum Gasteiger partial charge on any atom is -0.295 e. The Morgan fingerprint density at radius 2 is 1.87 bits per heavy atom. The minimum atomic E-state index is -1.84. The second-order valence-corrected chi connectivity index (χ2v) is 8.75. The standard InChI is InChI=1S/C15H18Cl3N3OS/c16-15(17,18)21-14(22)20(11-8-4-5-9-12(11)23)13(19-21)10-6-2-1-3-7-10/h4-5,8-11,13,19H,1-3,6-7H2. The van der Waals surface area contributed by atoms with Crippen LogP contribution in [0.4, 0.5) is 4.79 Å². The van der Waals surface area contributed by atoms with E-state index in [1.54, 1.807) is 4.90 Å². The van der Waals surface area contributed by atoms with Gasteiger partial charge in [-0.1, -0.05) is 84.5 Å². The fourth-order valence-electron chi connectivity index (χ4n) is 3.48. The van der Waals surface area contributed by atoms with E-state index in [-0.39, 0.29) is 18.2 Å². The van der Waals surface area contributed by atoms with Gasteiger partial charge in [-0.3, -0.25) is 4.90 Å². The molecule has 1 saturated carbocycles. The van der Waals surface area contributed by atoms with Crippen molar-refractivity contribution in [2.75, 3.05) is 0 Å². The number of urea groups is 1. The van der Waals surface area contributed by atoms with Gasteiger partial charge in [0, 0.05) is 4.86 Å². The molecule has 126 valence electrons. The molecule has 0 spiro atoms. The summed E-state index contributed by atoms with van der Waals surface area (Å²) < 4.78 is -1.84. The Hall–Kier alpha value is -0.330. The molecule has 2 atom stereocenters. The summed E-state index contributed by atoms with van der Waals surface area (Å²) >= 11 is 23.3. The first-order valence-corrected chi connectivity index (χ1v) is 9.28. The van der Waals surface area contributed by atoms with E-state index in [2.05, 4.69) is 5.43 Å². The van der Waals surface area contributed by atoms with E-state index in [0.717, 1.165) is 30.7 Å². The number of amides is 2. The predicted octanol–water partition coefficient (Wildman–Crippen LogP) is 4.33. The van der Waals surface area contributed by atoms with Crippen LogP contribution in [-0.4, -0.2) is 36.9 Å². The molecule has 0 aromatic carbocycles. The average Bonchev–Trinajstić information content (AvgIpc) is 2.86. The van der Waals surface area contributed by atoms with Gasteiger partial charge in [-0.2, -0.15) is 0 Å². The van der Waals surface area contributed by atoms with E-state index < -0.39 is 3.92 Å². The van der Waals surface area contributed by atoms with Gasteiger partial charge in [-0.15, -0.1) is 0 Å². The smallest absolute Gasteiger partial charge is 0.295 e. The summed E-state index contributed by atoms with van der Waals surface area (Å²) in [6.45, 7) is 0. The average molecular weight is 395 g/mol. The number of hydrogen-bond donors (Lipinski definition) is 1. The Kier molecular flexibility index (Phi) is 5.24. The number of carbonyl (C=O) groups is 1. The molecule has 2 aliphatic carbocycles. The zero-order chi connectivity index (χ0) is 16.6. The van der Waals surface area contributed by atoms with Crippen molar-refractivity contribution in [3.63, 3.8) is 0 Å². The fourth-order valence-corrected chi connectivity index (χ4v) is 4.12. The van der Waals surface area contributed by atoms with Gasteiger partial charge >= 0.3 is 6.03 Å². The lowest BCUT2D eigenvalue weighted by Crippen LogP contribution is -2.50. The maximum Gasteiger partial charge on any atom is 0.340 e. The monoisotopic (exact) mass is 393 g/mol. The van der Waals surface area contributed by atoms with Crippen molar-refractivity contribution in [2.24, 2.45) is 5.92 Å². The number of nitrogens with zero attached hydrogens (tertiary/aromatic N) is 2. The largest absolute Gasteiger partial charge is 0.340 e. The third-order valence-electron chi connectivity index (χ3n) is 4.58. The number of thiocarbonyl (C=S) groups is 1. The van der Waals surface area contributed by atoms with E-state index in [9.17, 15) is 4.79 Å². The molecule has 2 amide bonds. The lowest BCUT2D eigenvalue weighted by Gasteiger charge is -2.36. The van der Waals surface area contributed by atoms with Crippen LogP contribution in [0.25, 0.3) is 0 Å². The highest BCUT2D eigenvalue weighted by atomic mass is 35.6. The number of alkyl halides is 3. The first-order chi connectivity index (χ1) is 10.9. The molecular weight excluding hydrogens is 377 g/mol. The van der Waals surface area contributed by atoms with Crippen LogP contribution in [0.1, 0.15) is 32.1 Å². The highest BCUT2D eigenvalue weighted by Gasteiger charge is 2.50. The summed E-state index contributed by atoms with van der Waals surface area (Å²) in [7, 11) is 0. The number of allylic oxidation sites excluding steroid dienone is 2. The van der Waals surface area contributed by atoms with Crippen molar-refractivity contribution in [3.8, 4) is 0 Å². The van der Waals surface area contributed by atoms with Crippen LogP contribution in [-0.2, 0) is 0 Å². The van der Waals surface area contributed by atoms with E-state index in [4.69, 9.17) is 47.0 Å². The van der Waals surface area contributed by atoms with Crippen LogP contribution in [0.2, 0.25) is 0 Å². The molecule has 0 aromatic rings. The molecular formula is C15H18Cl3N3OS. The number of nitrogens with one attached hydrogen (secondary N) is 1. The molecule has 2 unspecified atom stereocenters. The maximum atomic E-state index is 12.9. The predicted molar refractivity (Wildman–Crippen MR) is 97.5 cm³/mol. The Balaban J connectivity index is 1.90. The van der Waals surface area contributed by atoms with Gasteiger partial charge in [0.15, 0.2) is 0 Å². The Labute approximate surface area is 156 Å². The number of carbonyl (C=O) groups excluding carboxylic acids is 1. The summed E-state index contributed by atoms with van der Waals surface area (Å²) in [5, 5.41) is 1.09. The SMILES string of the molecule is O=C1N(C2C=CC=CC2=S)C(C2CCCCC2)NN1C(Cl)(Cl)Cl. The number of hydrogen-bond acceptors (Lipinski definition) is 3. The second-order valence-electron chi connectivity index (χ2n) is 6.06. The van der Waals surface area contributed by atoms with Gasteiger partial charge in [0.1, 0.15) is 6.17 Å². The molecule has 0 bridgehead atoms. The van der Waals surface area contributed by atoms with Crippen LogP contribution in [0.3, 0.4) is 0 Å². The number of hydrazine groups is 1. The van der Waals surface area contributed by atoms with Gasteiger partial charge in [-0.05, 0) is 24.8 Å². The molecule has 1 saturated heterocycles. The zero-order valence-corrected chi connectivity index (χ0v) is 15.5. The zero-order valence-electron chi connectivity index (χ0n) is 12.4. The lowest BCUT2D eigenvalue weighted by molar-refractivity contribution is 0.144. The molecule has 0 aromatic heterocycles. The van der Waals surface area contributed by atoms with Crippen LogP contribution in [0, 0.1) is 5.92 Å². The Morgan fingerprint density at radius 1 is 1.17 bits per heavy atom. The quantitative estimate of drug-likeness (QED) is 0.430. The van der Waals surface area contributed by atoms with E-state index in [1.165, 1.54) is 6.42 Å². The molecule has 4 nitrogen and oxygen atoms in total. The highest BCUT2D eigenvalue weighted by molar-refractivity contribution is 7.80. The van der Waals surface area contributed by atoms with E-state index >= 15 is 0 Å². The first kappa shape index (κ1) is 17.5. The summed E-state index contributed by atoms with van der Waals surface area (Å²) in [5.41, 5.74) is 3.11. The normalized spacial score (nSPS) is 29.7. The Bertz CT molecular complexity index is 555. The maximum absolute atomic E-state index is 12.9. The summed E-state index contributed by atoms with van der Waals surface area (Å²) in [4.78, 5) is 15.3. The molecule has 3 aliphatic rings. The third-order valence-corrected chi connectivity index (χ3v) is 5.46. The topological polar surface area (TPSA) is 35.6 Å². The number of halogens is 3. The molecule has 1 N–H and O–H groups in total. The highest BCUT2D eigenvalue weighted by Crippen LogP contribution is 2.38. The van der Waals surface area contributed by atoms with Gasteiger partial charge in [0.25, 0.3) is 3.92 Å². The van der Waals surface area contributed by atoms with Crippen LogP contribution in [0.15, 0.2) is 24.3 Å². The van der Waals surface area contributed by atoms with Gasteiger partial charge < -0.3 is 0 Å². The van der Waals surface area contributed by atoms with Crippen LogP contribution in [0.5, 0.6) is 0 Å². The van der Waals surface area contributed by atoms with E-state index in [0.29, 0.717) is 10.8 Å². The molecule has 23 heavy (non-hydrogen) atoms. The van der Waals surface area contributed by atoms with Crippen molar-refractivity contribution in [3.05, 3.63) is 24.3 Å². The summed E-state index contributed by atoms with van der Waals surface area (Å²) in [5.74, 6) is 0.326. The van der Waals surface area contributed by atoms with Crippen molar-refractivity contribution >= 4 is 57.9 Å². The summed E-state index contributed by atoms with van der Waals surface area (Å²) in [6, 6.07) is -0.646. The summed E-state index contributed by atoms with van der Waals surface area (Å²) in [6.07, 6.45) is 12.9. The molecule has 8 heteroatoms. The van der Waals surface area contributed by atoms with E-state index in [1.807, 2.05) is 24.3 Å².